The summed E-state index contributed by atoms with van der Waals surface area (Å²) in [6.45, 7) is 3.61. The molecule has 0 saturated heterocycles. The molecule has 0 aromatic heterocycles. The Kier molecular flexibility index (Phi) is 4.66. The number of nitrogens with one attached hydrogen (secondary N) is 1. The van der Waals surface area contributed by atoms with Gasteiger partial charge in [-0.2, -0.15) is 0 Å². The van der Waals surface area contributed by atoms with Crippen molar-refractivity contribution in [1.82, 2.24) is 5.32 Å². The van der Waals surface area contributed by atoms with Gasteiger partial charge in [-0.05, 0) is 39.2 Å². The topological polar surface area (TPSA) is 38.3 Å². The summed E-state index contributed by atoms with van der Waals surface area (Å²) in [5, 5.41) is 2.93. The molecule has 80 valence electrons. The van der Waals surface area contributed by atoms with Crippen LogP contribution in [0.25, 0.3) is 0 Å². The van der Waals surface area contributed by atoms with Gasteiger partial charge in [-0.25, -0.2) is 0 Å². The summed E-state index contributed by atoms with van der Waals surface area (Å²) in [6, 6.07) is -0.229. The summed E-state index contributed by atoms with van der Waals surface area (Å²) in [7, 11) is 1.77. The van der Waals surface area contributed by atoms with Crippen LogP contribution in [0.2, 0.25) is 0 Å². The van der Waals surface area contributed by atoms with Crippen molar-refractivity contribution in [3.8, 4) is 0 Å². The van der Waals surface area contributed by atoms with Crippen LogP contribution in [0.5, 0.6) is 0 Å². The summed E-state index contributed by atoms with van der Waals surface area (Å²) >= 11 is 0. The van der Waals surface area contributed by atoms with E-state index in [9.17, 15) is 4.79 Å². The van der Waals surface area contributed by atoms with Gasteiger partial charge in [0.1, 0.15) is 12.1 Å². The molecule has 0 radical (unpaired) electrons. The summed E-state index contributed by atoms with van der Waals surface area (Å²) in [5.41, 5.74) is 0. The van der Waals surface area contributed by atoms with E-state index >= 15 is 0 Å². The van der Waals surface area contributed by atoms with Crippen LogP contribution in [0.15, 0.2) is 12.7 Å². The Bertz CT molecular complexity index is 197. The molecule has 0 bridgehead atoms. The standard InChI is InChI=1S/C11H19NO2/c1-3-6-10(12-2)11(13)14-9-7-4-5-8-9/h3,9-10,12H,1,4-8H2,2H3/t10-/m0/s1. The summed E-state index contributed by atoms with van der Waals surface area (Å²) < 4.78 is 5.37. The van der Waals surface area contributed by atoms with Crippen LogP contribution in [-0.2, 0) is 9.53 Å². The van der Waals surface area contributed by atoms with Gasteiger partial charge < -0.3 is 10.1 Å². The van der Waals surface area contributed by atoms with Gasteiger partial charge >= 0.3 is 5.97 Å². The van der Waals surface area contributed by atoms with E-state index < -0.39 is 0 Å². The van der Waals surface area contributed by atoms with E-state index in [1.165, 1.54) is 12.8 Å². The van der Waals surface area contributed by atoms with Crippen LogP contribution in [-0.4, -0.2) is 25.2 Å². The number of rotatable bonds is 5. The molecule has 3 nitrogen and oxygen atoms in total. The molecule has 1 saturated carbocycles. The van der Waals surface area contributed by atoms with Gasteiger partial charge in [0.2, 0.25) is 0 Å². The fourth-order valence-corrected chi connectivity index (χ4v) is 1.75. The van der Waals surface area contributed by atoms with Crippen LogP contribution >= 0.6 is 0 Å². The van der Waals surface area contributed by atoms with Crippen molar-refractivity contribution in [1.29, 1.82) is 0 Å². The molecule has 0 spiro atoms. The number of carbonyl (C=O) groups excluding carboxylic acids is 1. The molecule has 0 unspecified atom stereocenters. The van der Waals surface area contributed by atoms with E-state index in [1.54, 1.807) is 13.1 Å². The maximum absolute atomic E-state index is 11.6. The Balaban J connectivity index is 2.33. The number of carbonyl (C=O) groups is 1. The van der Waals surface area contributed by atoms with Crippen LogP contribution in [0.3, 0.4) is 0 Å². The zero-order chi connectivity index (χ0) is 10.4. The monoisotopic (exact) mass is 197 g/mol. The highest BCUT2D eigenvalue weighted by Crippen LogP contribution is 2.21. The minimum atomic E-state index is -0.229. The first-order valence-electron chi connectivity index (χ1n) is 5.26. The number of ether oxygens (including phenoxy) is 1. The molecule has 0 heterocycles. The largest absolute Gasteiger partial charge is 0.461 e. The molecule has 1 rings (SSSR count). The highest BCUT2D eigenvalue weighted by Gasteiger charge is 2.23. The van der Waals surface area contributed by atoms with Crippen molar-refractivity contribution >= 4 is 5.97 Å². The molecule has 1 aliphatic carbocycles. The molecular weight excluding hydrogens is 178 g/mol. The van der Waals surface area contributed by atoms with Gasteiger partial charge in [-0.1, -0.05) is 6.08 Å². The molecule has 0 amide bonds. The predicted octanol–water partition coefficient (Wildman–Crippen LogP) is 1.64. The van der Waals surface area contributed by atoms with Crippen LogP contribution in [0.4, 0.5) is 0 Å². The second-order valence-corrected chi connectivity index (χ2v) is 3.71. The average Bonchev–Trinajstić information content (AvgIpc) is 2.66. The quantitative estimate of drug-likeness (QED) is 0.538. The van der Waals surface area contributed by atoms with Crippen molar-refractivity contribution < 1.29 is 9.53 Å². The number of likely N-dealkylation sites (N-methyl/N-ethyl adjacent to an activating group) is 1. The van der Waals surface area contributed by atoms with Crippen molar-refractivity contribution in [2.45, 2.75) is 44.2 Å². The first-order chi connectivity index (χ1) is 6.77. The molecule has 0 aromatic rings. The number of hydrogen-bond acceptors (Lipinski definition) is 3. The van der Waals surface area contributed by atoms with E-state index in [0.717, 1.165) is 12.8 Å². The Morgan fingerprint density at radius 2 is 2.29 bits per heavy atom. The first kappa shape index (κ1) is 11.2. The van der Waals surface area contributed by atoms with Crippen molar-refractivity contribution in [2.24, 2.45) is 0 Å². The van der Waals surface area contributed by atoms with Crippen molar-refractivity contribution in [3.05, 3.63) is 12.7 Å². The zero-order valence-electron chi connectivity index (χ0n) is 8.79. The van der Waals surface area contributed by atoms with E-state index in [4.69, 9.17) is 4.74 Å². The average molecular weight is 197 g/mol. The van der Waals surface area contributed by atoms with E-state index in [0.29, 0.717) is 6.42 Å². The van der Waals surface area contributed by atoms with E-state index in [2.05, 4.69) is 11.9 Å². The molecule has 1 aliphatic rings. The molecule has 1 N–H and O–H groups in total. The maximum atomic E-state index is 11.6. The SMILES string of the molecule is C=CC[C@H](NC)C(=O)OC1CCCC1. The molecule has 0 aliphatic heterocycles. The normalized spacial score (nSPS) is 19.2. The lowest BCUT2D eigenvalue weighted by Crippen LogP contribution is -2.36. The van der Waals surface area contributed by atoms with Crippen LogP contribution in [0.1, 0.15) is 32.1 Å². The Labute approximate surface area is 85.5 Å². The fourth-order valence-electron chi connectivity index (χ4n) is 1.75. The molecule has 3 heteroatoms. The first-order valence-corrected chi connectivity index (χ1v) is 5.26. The smallest absolute Gasteiger partial charge is 0.323 e. The lowest BCUT2D eigenvalue weighted by atomic mass is 10.2. The highest BCUT2D eigenvalue weighted by molar-refractivity contribution is 5.76. The van der Waals surface area contributed by atoms with Gasteiger partial charge in [-0.3, -0.25) is 4.79 Å². The second kappa shape index (κ2) is 5.81. The fraction of sp³-hybridized carbons (Fsp3) is 0.727. The van der Waals surface area contributed by atoms with Gasteiger partial charge in [0.15, 0.2) is 0 Å². The van der Waals surface area contributed by atoms with Gasteiger partial charge in [0.05, 0.1) is 0 Å². The summed E-state index contributed by atoms with van der Waals surface area (Å²) in [6.07, 6.45) is 6.93. The lowest BCUT2D eigenvalue weighted by molar-refractivity contribution is -0.151. The lowest BCUT2D eigenvalue weighted by Gasteiger charge is -2.17. The third kappa shape index (κ3) is 3.14. The maximum Gasteiger partial charge on any atom is 0.323 e. The Morgan fingerprint density at radius 1 is 1.64 bits per heavy atom. The van der Waals surface area contributed by atoms with Gasteiger partial charge in [-0.15, -0.1) is 6.58 Å². The Hall–Kier alpha value is -0.830. The second-order valence-electron chi connectivity index (χ2n) is 3.71. The van der Waals surface area contributed by atoms with E-state index in [1.807, 2.05) is 0 Å². The summed E-state index contributed by atoms with van der Waals surface area (Å²) in [5.74, 6) is -0.140. The van der Waals surface area contributed by atoms with E-state index in [-0.39, 0.29) is 18.1 Å². The minimum absolute atomic E-state index is 0.140. The highest BCUT2D eigenvalue weighted by atomic mass is 16.5. The third-order valence-electron chi connectivity index (χ3n) is 2.62. The van der Waals surface area contributed by atoms with Gasteiger partial charge in [0, 0.05) is 0 Å². The number of hydrogen-bond donors (Lipinski definition) is 1. The molecular formula is C11H19NO2. The van der Waals surface area contributed by atoms with Crippen LogP contribution in [0, 0.1) is 0 Å². The summed E-state index contributed by atoms with van der Waals surface area (Å²) in [4.78, 5) is 11.6. The molecule has 0 aromatic carbocycles. The van der Waals surface area contributed by atoms with Crippen molar-refractivity contribution in [2.75, 3.05) is 7.05 Å². The third-order valence-corrected chi connectivity index (χ3v) is 2.62. The molecule has 1 fully saturated rings. The zero-order valence-corrected chi connectivity index (χ0v) is 8.79. The minimum Gasteiger partial charge on any atom is -0.461 e. The predicted molar refractivity (Wildman–Crippen MR) is 56.0 cm³/mol. The number of esters is 1. The van der Waals surface area contributed by atoms with Crippen molar-refractivity contribution in [3.63, 3.8) is 0 Å². The molecule has 1 atom stereocenters. The molecule has 14 heavy (non-hydrogen) atoms. The van der Waals surface area contributed by atoms with Gasteiger partial charge in [0.25, 0.3) is 0 Å². The van der Waals surface area contributed by atoms with Crippen LogP contribution < -0.4 is 5.32 Å². The Morgan fingerprint density at radius 3 is 2.79 bits per heavy atom.